The molecule has 10 heteroatoms. The zero-order valence-electron chi connectivity index (χ0n) is 16.8. The van der Waals surface area contributed by atoms with Gasteiger partial charge in [0, 0.05) is 54.0 Å². The van der Waals surface area contributed by atoms with Crippen molar-refractivity contribution in [2.75, 3.05) is 29.5 Å². The maximum atomic E-state index is 6.59. The first-order valence-electron chi connectivity index (χ1n) is 10.1. The fraction of sp³-hybridized carbons (Fsp3) is 0.333. The van der Waals surface area contributed by atoms with E-state index in [-0.39, 0.29) is 17.3 Å². The van der Waals surface area contributed by atoms with Crippen molar-refractivity contribution in [2.45, 2.75) is 40.6 Å². The van der Waals surface area contributed by atoms with E-state index < -0.39 is 0 Å². The van der Waals surface area contributed by atoms with Crippen LogP contribution in [0.25, 0.3) is 0 Å². The number of hydrogen-bond acceptors (Lipinski definition) is 9. The number of nitrogens with two attached hydrogens (primary N) is 3. The molecule has 0 aromatic carbocycles. The van der Waals surface area contributed by atoms with Crippen molar-refractivity contribution < 1.29 is 0 Å². The number of piperidine rings is 1. The first-order valence-corrected chi connectivity index (χ1v) is 11.3. The summed E-state index contributed by atoms with van der Waals surface area (Å²) in [6.07, 6.45) is 7.97. The molecule has 4 heterocycles. The first kappa shape index (κ1) is 20.3. The Labute approximate surface area is 189 Å². The third-order valence-electron chi connectivity index (χ3n) is 6.37. The smallest absolute Gasteiger partial charge is 0.158 e. The average Bonchev–Trinajstić information content (AvgIpc) is 3.04. The zero-order valence-corrected chi connectivity index (χ0v) is 18.4. The monoisotopic (exact) mass is 454 g/mol. The first-order chi connectivity index (χ1) is 15.0. The number of aromatic nitrogens is 4. The Kier molecular flexibility index (Phi) is 5.11. The highest BCUT2D eigenvalue weighted by Crippen LogP contribution is 2.45. The summed E-state index contributed by atoms with van der Waals surface area (Å²) < 4.78 is 0. The van der Waals surface area contributed by atoms with E-state index in [1.54, 1.807) is 18.5 Å². The Morgan fingerprint density at radius 1 is 1.06 bits per heavy atom. The lowest BCUT2D eigenvalue weighted by Gasteiger charge is -2.43. The Morgan fingerprint density at radius 2 is 1.87 bits per heavy atom. The molecule has 5 rings (SSSR count). The van der Waals surface area contributed by atoms with Crippen molar-refractivity contribution >= 4 is 40.8 Å². The fourth-order valence-corrected chi connectivity index (χ4v) is 5.68. The summed E-state index contributed by atoms with van der Waals surface area (Å²) in [6.45, 7) is 1.69. The van der Waals surface area contributed by atoms with Gasteiger partial charge < -0.3 is 22.1 Å². The number of hydrogen-bond donors (Lipinski definition) is 3. The van der Waals surface area contributed by atoms with Crippen LogP contribution in [0.1, 0.15) is 24.1 Å². The van der Waals surface area contributed by atoms with Crippen molar-refractivity contribution in [3.05, 3.63) is 53.1 Å². The second-order valence-corrected chi connectivity index (χ2v) is 9.39. The largest absolute Gasteiger partial charge is 0.382 e. The minimum absolute atomic E-state index is 0.00706. The van der Waals surface area contributed by atoms with Gasteiger partial charge in [0.2, 0.25) is 0 Å². The van der Waals surface area contributed by atoms with E-state index in [0.717, 1.165) is 48.8 Å². The van der Waals surface area contributed by atoms with Gasteiger partial charge in [0.05, 0.1) is 11.2 Å². The lowest BCUT2D eigenvalue weighted by Crippen LogP contribution is -2.50. The van der Waals surface area contributed by atoms with Crippen LogP contribution in [0, 0.1) is 0 Å². The van der Waals surface area contributed by atoms with E-state index in [0.29, 0.717) is 15.9 Å². The van der Waals surface area contributed by atoms with Crippen LogP contribution in [0.2, 0.25) is 5.02 Å². The summed E-state index contributed by atoms with van der Waals surface area (Å²) in [6, 6.07) is 6.08. The molecule has 31 heavy (non-hydrogen) atoms. The van der Waals surface area contributed by atoms with Crippen LogP contribution in [0.15, 0.2) is 46.7 Å². The van der Waals surface area contributed by atoms with Gasteiger partial charge in [-0.2, -0.15) is 0 Å². The van der Waals surface area contributed by atoms with Gasteiger partial charge in [0.1, 0.15) is 16.7 Å². The molecule has 1 aliphatic heterocycles. The van der Waals surface area contributed by atoms with E-state index in [4.69, 9.17) is 28.8 Å². The Bertz CT molecular complexity index is 1130. The molecule has 0 amide bonds. The molecule has 3 aromatic rings. The van der Waals surface area contributed by atoms with Gasteiger partial charge in [-0.3, -0.25) is 4.98 Å². The Balaban J connectivity index is 1.32. The molecule has 2 aliphatic rings. The van der Waals surface area contributed by atoms with Crippen LogP contribution in [-0.4, -0.2) is 39.1 Å². The standard InChI is InChI=1S/C21H23ClN8S/c22-17-14(3-7-27-18(17)24)31-20-19(25)29-16(11-28-20)30-8-4-21(5-9-30)12-2-1-6-26-13(12)10-15(21)23/h1-3,6-7,11,15H,4-5,8-10,23H2,(H2,24,27)(H2,25,29). The van der Waals surface area contributed by atoms with Crippen LogP contribution in [0.3, 0.4) is 0 Å². The van der Waals surface area contributed by atoms with Crippen molar-refractivity contribution in [1.29, 1.82) is 0 Å². The van der Waals surface area contributed by atoms with Crippen molar-refractivity contribution in [3.8, 4) is 0 Å². The second kappa shape index (κ2) is 7.81. The molecular formula is C21H23ClN8S. The lowest BCUT2D eigenvalue weighted by molar-refractivity contribution is 0.292. The summed E-state index contributed by atoms with van der Waals surface area (Å²) in [7, 11) is 0. The molecule has 3 aromatic heterocycles. The van der Waals surface area contributed by atoms with Gasteiger partial charge in [-0.15, -0.1) is 0 Å². The van der Waals surface area contributed by atoms with Crippen LogP contribution < -0.4 is 22.1 Å². The maximum Gasteiger partial charge on any atom is 0.158 e. The van der Waals surface area contributed by atoms with Crippen molar-refractivity contribution in [3.63, 3.8) is 0 Å². The lowest BCUT2D eigenvalue weighted by atomic mass is 9.71. The molecule has 160 valence electrons. The molecule has 1 saturated heterocycles. The van der Waals surface area contributed by atoms with Crippen molar-refractivity contribution in [1.82, 2.24) is 19.9 Å². The number of nitrogen functional groups attached to an aromatic ring is 2. The molecule has 1 unspecified atom stereocenters. The van der Waals surface area contributed by atoms with Gasteiger partial charge >= 0.3 is 0 Å². The topological polar surface area (TPSA) is 133 Å². The molecule has 1 aliphatic carbocycles. The predicted octanol–water partition coefficient (Wildman–Crippen LogP) is 2.66. The van der Waals surface area contributed by atoms with E-state index in [9.17, 15) is 0 Å². The van der Waals surface area contributed by atoms with Gasteiger partial charge in [-0.25, -0.2) is 15.0 Å². The molecule has 1 atom stereocenters. The minimum atomic E-state index is -0.00706. The van der Waals surface area contributed by atoms with Crippen molar-refractivity contribution in [2.24, 2.45) is 5.73 Å². The number of rotatable bonds is 3. The Morgan fingerprint density at radius 3 is 2.65 bits per heavy atom. The van der Waals surface area contributed by atoms with Gasteiger partial charge in [-0.1, -0.05) is 29.4 Å². The quantitative estimate of drug-likeness (QED) is 0.546. The zero-order chi connectivity index (χ0) is 21.6. The number of halogens is 1. The third-order valence-corrected chi connectivity index (χ3v) is 7.95. The van der Waals surface area contributed by atoms with E-state index >= 15 is 0 Å². The molecule has 6 N–H and O–H groups in total. The average molecular weight is 455 g/mol. The number of pyridine rings is 2. The van der Waals surface area contributed by atoms with Gasteiger partial charge in [0.25, 0.3) is 0 Å². The molecule has 0 bridgehead atoms. The summed E-state index contributed by atoms with van der Waals surface area (Å²) >= 11 is 7.56. The fourth-order valence-electron chi connectivity index (χ4n) is 4.67. The molecule has 1 fully saturated rings. The Hall–Kier alpha value is -2.62. The van der Waals surface area contributed by atoms with Crippen LogP contribution >= 0.6 is 23.4 Å². The van der Waals surface area contributed by atoms with Crippen LogP contribution in [-0.2, 0) is 11.8 Å². The van der Waals surface area contributed by atoms with Crippen LogP contribution in [0.4, 0.5) is 17.5 Å². The van der Waals surface area contributed by atoms with Gasteiger partial charge in [0.15, 0.2) is 5.82 Å². The minimum Gasteiger partial charge on any atom is -0.382 e. The molecule has 8 nitrogen and oxygen atoms in total. The molecule has 1 spiro atoms. The second-order valence-electron chi connectivity index (χ2n) is 7.98. The maximum absolute atomic E-state index is 6.59. The van der Waals surface area contributed by atoms with E-state index in [1.165, 1.54) is 17.3 Å². The number of nitrogens with zero attached hydrogens (tertiary/aromatic N) is 5. The van der Waals surface area contributed by atoms with E-state index in [1.807, 2.05) is 12.3 Å². The normalized spacial score (nSPS) is 19.5. The highest BCUT2D eigenvalue weighted by molar-refractivity contribution is 7.99. The molecule has 0 radical (unpaired) electrons. The number of anilines is 3. The highest BCUT2D eigenvalue weighted by Gasteiger charge is 2.47. The summed E-state index contributed by atoms with van der Waals surface area (Å²) in [4.78, 5) is 20.6. The number of fused-ring (bicyclic) bond motifs is 2. The molecule has 0 saturated carbocycles. The summed E-state index contributed by atoms with van der Waals surface area (Å²) in [5.41, 5.74) is 21.0. The van der Waals surface area contributed by atoms with Crippen LogP contribution in [0.5, 0.6) is 0 Å². The predicted molar refractivity (Wildman–Crippen MR) is 123 cm³/mol. The highest BCUT2D eigenvalue weighted by atomic mass is 35.5. The SMILES string of the molecule is Nc1nc(N2CCC3(CC2)c2cccnc2CC3N)cnc1Sc1ccnc(N)c1Cl. The summed E-state index contributed by atoms with van der Waals surface area (Å²) in [5.74, 6) is 1.41. The third kappa shape index (κ3) is 3.46. The summed E-state index contributed by atoms with van der Waals surface area (Å²) in [5, 5.41) is 0.976. The van der Waals surface area contributed by atoms with Gasteiger partial charge in [-0.05, 0) is 30.5 Å². The molecular weight excluding hydrogens is 432 g/mol. The van der Waals surface area contributed by atoms with E-state index in [2.05, 4.69) is 30.9 Å².